The van der Waals surface area contributed by atoms with E-state index in [4.69, 9.17) is 9.47 Å². The summed E-state index contributed by atoms with van der Waals surface area (Å²) < 4.78 is 39.2. The lowest BCUT2D eigenvalue weighted by molar-refractivity contribution is -0.0498. The van der Waals surface area contributed by atoms with Crippen LogP contribution in [0.3, 0.4) is 0 Å². The Balaban J connectivity index is 1.58. The second-order valence-electron chi connectivity index (χ2n) is 5.22. The zero-order chi connectivity index (χ0) is 16.5. The van der Waals surface area contributed by atoms with Gasteiger partial charge in [-0.05, 0) is 43.5 Å². The molecule has 1 amide bonds. The van der Waals surface area contributed by atoms with Crippen LogP contribution in [0.5, 0.6) is 5.75 Å². The van der Waals surface area contributed by atoms with Crippen molar-refractivity contribution in [2.24, 2.45) is 0 Å². The fourth-order valence-electron chi connectivity index (χ4n) is 2.26. The Morgan fingerprint density at radius 1 is 1.35 bits per heavy atom. The highest BCUT2D eigenvalue weighted by Gasteiger charge is 2.15. The maximum Gasteiger partial charge on any atom is 0.387 e. The lowest BCUT2D eigenvalue weighted by Gasteiger charge is -2.10. The van der Waals surface area contributed by atoms with Crippen molar-refractivity contribution in [1.29, 1.82) is 0 Å². The second-order valence-corrected chi connectivity index (χ2v) is 5.22. The van der Waals surface area contributed by atoms with Gasteiger partial charge < -0.3 is 19.5 Å². The van der Waals surface area contributed by atoms with E-state index in [9.17, 15) is 13.6 Å². The van der Waals surface area contributed by atoms with Crippen LogP contribution < -0.4 is 10.1 Å². The van der Waals surface area contributed by atoms with Crippen LogP contribution in [0, 0.1) is 0 Å². The van der Waals surface area contributed by atoms with Gasteiger partial charge in [0, 0.05) is 25.3 Å². The van der Waals surface area contributed by atoms with Gasteiger partial charge in [-0.3, -0.25) is 4.79 Å². The van der Waals surface area contributed by atoms with Gasteiger partial charge in [-0.2, -0.15) is 8.78 Å². The number of hydrogen-bond donors (Lipinski definition) is 1. The Morgan fingerprint density at radius 2 is 2.13 bits per heavy atom. The van der Waals surface area contributed by atoms with Gasteiger partial charge in [-0.25, -0.2) is 0 Å². The van der Waals surface area contributed by atoms with Crippen LogP contribution in [0.25, 0.3) is 0 Å². The summed E-state index contributed by atoms with van der Waals surface area (Å²) in [5, 5.41) is 2.75. The lowest BCUT2D eigenvalue weighted by atomic mass is 10.2. The number of nitrogens with one attached hydrogen (secondary N) is 1. The van der Waals surface area contributed by atoms with E-state index in [1.807, 2.05) is 0 Å². The van der Waals surface area contributed by atoms with Crippen molar-refractivity contribution < 1.29 is 27.8 Å². The van der Waals surface area contributed by atoms with E-state index in [1.165, 1.54) is 24.3 Å². The van der Waals surface area contributed by atoms with E-state index in [0.29, 0.717) is 31.7 Å². The minimum absolute atomic E-state index is 0.0269. The number of amides is 1. The quantitative estimate of drug-likeness (QED) is 0.708. The largest absolute Gasteiger partial charge is 0.435 e. The Bertz CT molecular complexity index is 475. The number of ether oxygens (including phenoxy) is 3. The first-order valence-corrected chi connectivity index (χ1v) is 7.67. The number of rotatable bonds is 9. The molecule has 2 rings (SSSR count). The van der Waals surface area contributed by atoms with Crippen molar-refractivity contribution in [3.8, 4) is 5.75 Å². The molecule has 1 aromatic rings. The average molecular weight is 329 g/mol. The highest BCUT2D eigenvalue weighted by atomic mass is 19.3. The molecule has 5 nitrogen and oxygen atoms in total. The SMILES string of the molecule is O=C(NCCCOCC1CCCO1)c1ccc(OC(F)F)cc1. The second kappa shape index (κ2) is 9.42. The van der Waals surface area contributed by atoms with Crippen LogP contribution in [0.15, 0.2) is 24.3 Å². The number of carbonyl (C=O) groups is 1. The predicted octanol–water partition coefficient (Wildman–Crippen LogP) is 2.60. The molecule has 1 N–H and O–H groups in total. The zero-order valence-electron chi connectivity index (χ0n) is 12.8. The molecule has 128 valence electrons. The summed E-state index contributed by atoms with van der Waals surface area (Å²) in [5.41, 5.74) is 0.395. The van der Waals surface area contributed by atoms with Crippen LogP contribution in [0.2, 0.25) is 0 Å². The van der Waals surface area contributed by atoms with Gasteiger partial charge in [-0.15, -0.1) is 0 Å². The van der Waals surface area contributed by atoms with E-state index in [-0.39, 0.29) is 17.8 Å². The molecule has 1 aliphatic rings. The number of carbonyl (C=O) groups excluding carboxylic acids is 1. The maximum absolute atomic E-state index is 12.0. The summed E-state index contributed by atoms with van der Waals surface area (Å²) in [5.74, 6) is -0.230. The first kappa shape index (κ1) is 17.6. The van der Waals surface area contributed by atoms with Gasteiger partial charge in [0.15, 0.2) is 0 Å². The summed E-state index contributed by atoms with van der Waals surface area (Å²) in [4.78, 5) is 11.9. The lowest BCUT2D eigenvalue weighted by Crippen LogP contribution is -2.25. The fourth-order valence-corrected chi connectivity index (χ4v) is 2.26. The van der Waals surface area contributed by atoms with Crippen LogP contribution in [-0.2, 0) is 9.47 Å². The molecule has 1 unspecified atom stereocenters. The molecule has 1 saturated heterocycles. The number of benzene rings is 1. The van der Waals surface area contributed by atoms with Gasteiger partial charge in [0.1, 0.15) is 5.75 Å². The Labute approximate surface area is 133 Å². The van der Waals surface area contributed by atoms with Crippen LogP contribution in [-0.4, -0.2) is 45.0 Å². The van der Waals surface area contributed by atoms with E-state index in [1.54, 1.807) is 0 Å². The number of alkyl halides is 2. The van der Waals surface area contributed by atoms with Crippen molar-refractivity contribution in [3.05, 3.63) is 29.8 Å². The van der Waals surface area contributed by atoms with Gasteiger partial charge in [0.2, 0.25) is 0 Å². The molecule has 1 aromatic carbocycles. The minimum atomic E-state index is -2.87. The molecule has 23 heavy (non-hydrogen) atoms. The van der Waals surface area contributed by atoms with E-state index < -0.39 is 6.61 Å². The molecule has 0 aliphatic carbocycles. The van der Waals surface area contributed by atoms with E-state index in [2.05, 4.69) is 10.1 Å². The monoisotopic (exact) mass is 329 g/mol. The minimum Gasteiger partial charge on any atom is -0.435 e. The molecular formula is C16H21F2NO4. The van der Waals surface area contributed by atoms with Crippen molar-refractivity contribution in [1.82, 2.24) is 5.32 Å². The van der Waals surface area contributed by atoms with Gasteiger partial charge in [0.05, 0.1) is 12.7 Å². The standard InChI is InChI=1S/C16H21F2NO4/c17-16(18)23-13-6-4-12(5-7-13)15(20)19-8-2-9-21-11-14-3-1-10-22-14/h4-7,14,16H,1-3,8-11H2,(H,19,20). The van der Waals surface area contributed by atoms with Crippen LogP contribution in [0.1, 0.15) is 29.6 Å². The molecule has 1 heterocycles. The van der Waals surface area contributed by atoms with Crippen molar-refractivity contribution >= 4 is 5.91 Å². The van der Waals surface area contributed by atoms with Crippen molar-refractivity contribution in [3.63, 3.8) is 0 Å². The highest BCUT2D eigenvalue weighted by molar-refractivity contribution is 5.94. The summed E-state index contributed by atoms with van der Waals surface area (Å²) in [7, 11) is 0. The highest BCUT2D eigenvalue weighted by Crippen LogP contribution is 2.15. The Kier molecular flexibility index (Phi) is 7.22. The molecule has 1 aliphatic heterocycles. The maximum atomic E-state index is 12.0. The molecule has 1 atom stereocenters. The van der Waals surface area contributed by atoms with Crippen molar-refractivity contribution in [2.45, 2.75) is 32.0 Å². The predicted molar refractivity (Wildman–Crippen MR) is 79.8 cm³/mol. The van der Waals surface area contributed by atoms with Crippen LogP contribution in [0.4, 0.5) is 8.78 Å². The summed E-state index contributed by atoms with van der Waals surface area (Å²) in [6, 6.07) is 5.57. The summed E-state index contributed by atoms with van der Waals surface area (Å²) >= 11 is 0. The molecule has 0 saturated carbocycles. The van der Waals surface area contributed by atoms with E-state index in [0.717, 1.165) is 19.4 Å². The normalized spacial score (nSPS) is 17.4. The third-order valence-corrected chi connectivity index (χ3v) is 3.42. The van der Waals surface area contributed by atoms with Gasteiger partial charge >= 0.3 is 6.61 Å². The molecule has 0 radical (unpaired) electrons. The van der Waals surface area contributed by atoms with Crippen molar-refractivity contribution in [2.75, 3.05) is 26.4 Å². The summed E-state index contributed by atoms with van der Waals surface area (Å²) in [6.07, 6.45) is 3.04. The first-order valence-electron chi connectivity index (χ1n) is 7.67. The third-order valence-electron chi connectivity index (χ3n) is 3.42. The Morgan fingerprint density at radius 3 is 2.78 bits per heavy atom. The van der Waals surface area contributed by atoms with Gasteiger partial charge in [-0.1, -0.05) is 0 Å². The average Bonchev–Trinajstić information content (AvgIpc) is 3.04. The van der Waals surface area contributed by atoms with E-state index >= 15 is 0 Å². The van der Waals surface area contributed by atoms with Gasteiger partial charge in [0.25, 0.3) is 5.91 Å². The number of hydrogen-bond acceptors (Lipinski definition) is 4. The Hall–Kier alpha value is -1.73. The molecular weight excluding hydrogens is 308 g/mol. The molecule has 0 spiro atoms. The fraction of sp³-hybridized carbons (Fsp3) is 0.562. The first-order chi connectivity index (χ1) is 11.1. The topological polar surface area (TPSA) is 56.8 Å². The summed E-state index contributed by atoms with van der Waals surface area (Å²) in [6.45, 7) is -0.421. The van der Waals surface area contributed by atoms with Crippen LogP contribution >= 0.6 is 0 Å². The smallest absolute Gasteiger partial charge is 0.387 e. The number of halogens is 2. The zero-order valence-corrected chi connectivity index (χ0v) is 12.8. The molecule has 7 heteroatoms. The third kappa shape index (κ3) is 6.50. The molecule has 0 aromatic heterocycles. The molecule has 0 bridgehead atoms. The molecule has 1 fully saturated rings.